The zero-order valence-electron chi connectivity index (χ0n) is 78.5. The molecule has 6 heterocycles. The predicted octanol–water partition coefficient (Wildman–Crippen LogP) is 37.2. The van der Waals surface area contributed by atoms with E-state index in [4.69, 9.17) is 0 Å². The van der Waals surface area contributed by atoms with E-state index in [9.17, 15) is 0 Å². The molecule has 0 saturated carbocycles. The molecular weight excluding hydrogens is 1740 g/mol. The van der Waals surface area contributed by atoms with E-state index in [0.29, 0.717) is 0 Å². The van der Waals surface area contributed by atoms with Crippen LogP contribution in [-0.4, -0.2) is 27.4 Å². The molecule has 0 aliphatic carbocycles. The summed E-state index contributed by atoms with van der Waals surface area (Å²) in [6.07, 6.45) is 6.53. The van der Waals surface area contributed by atoms with Crippen molar-refractivity contribution in [3.8, 4) is 78.6 Å². The zero-order valence-corrected chi connectivity index (χ0v) is 78.5. The Balaban J connectivity index is 0.000000103. The highest BCUT2D eigenvalue weighted by atomic mass is 15.0. The minimum absolute atomic E-state index is 1.15. The normalized spacial score (nSPS) is 11.9. The van der Waals surface area contributed by atoms with Gasteiger partial charge in [-0.2, -0.15) is 0 Å². The highest BCUT2D eigenvalue weighted by Crippen LogP contribution is 2.47. The lowest BCUT2D eigenvalue weighted by atomic mass is 9.90. The largest absolute Gasteiger partial charge is 0.316 e. The average molecular weight is 1830 g/mol. The molecule has 31 rings (SSSR count). The summed E-state index contributed by atoms with van der Waals surface area (Å²) in [5, 5.41) is 34.6. The Labute approximate surface area is 829 Å². The topological polar surface area (TPSA) is 29.6 Å². The van der Waals surface area contributed by atoms with E-state index in [0.717, 1.165) is 28.4 Å². The fourth-order valence-corrected chi connectivity index (χ4v) is 23.6. The second-order valence-electron chi connectivity index (χ2n) is 38.2. The molecule has 670 valence electrons. The molecule has 0 fully saturated rings. The lowest BCUT2D eigenvalue weighted by Crippen LogP contribution is -1.95. The van der Waals surface area contributed by atoms with Crippen LogP contribution in [0.1, 0.15) is 0 Å². The number of aromatic nitrogens is 6. The van der Waals surface area contributed by atoms with Gasteiger partial charge in [0.05, 0.1) is 49.7 Å². The standard InChI is InChI=1S/C50H32N2.2C44H28N2/c1-3-11-33(12-4-1)35-21-25-42-43-26-22-36(30-46(43)41-16-8-7-15-40(41)45(42)29-35)34-19-23-39(24-20-34)52-48-18-10-9-17-44(48)47-31-37-27-28-51(49(37)32-50(47)52)38-13-5-2-6-14-38;1-2-12-32(13-3-1)45-24-23-31-27-41-39-19-8-9-20-42(39)46(44(41)28-43(31)45)33-14-10-11-29(25-33)30-21-22-38-36-17-5-4-15-34(36)35-16-6-7-18-37(35)40(38)26-30;1-2-10-32(11-3-1)45-25-24-31-27-41-39-16-8-9-17-42(39)46(44(41)28-43(31)45)33-21-18-29(19-22-33)30-20-23-38-36-14-5-4-12-34(36)35-13-6-7-15-37(35)40(38)26-30/h1-32H;2*1-28H. The van der Waals surface area contributed by atoms with Gasteiger partial charge in [-0.15, -0.1) is 0 Å². The van der Waals surface area contributed by atoms with Crippen molar-refractivity contribution < 1.29 is 0 Å². The summed E-state index contributed by atoms with van der Waals surface area (Å²) in [6, 6.07) is 188. The molecule has 0 aliphatic heterocycles. The van der Waals surface area contributed by atoms with Crippen molar-refractivity contribution in [2.75, 3.05) is 0 Å². The predicted molar refractivity (Wildman–Crippen MR) is 612 cm³/mol. The average Bonchev–Trinajstić information content (AvgIpc) is 1.50. The van der Waals surface area contributed by atoms with Crippen LogP contribution in [0.5, 0.6) is 0 Å². The van der Waals surface area contributed by atoms with E-state index in [1.807, 2.05) is 0 Å². The van der Waals surface area contributed by atoms with Crippen molar-refractivity contribution in [2.45, 2.75) is 0 Å². The van der Waals surface area contributed by atoms with Crippen molar-refractivity contribution in [2.24, 2.45) is 0 Å². The molecule has 6 heteroatoms. The number of hydrogen-bond acceptors (Lipinski definition) is 0. The van der Waals surface area contributed by atoms with Crippen molar-refractivity contribution in [1.82, 2.24) is 27.4 Å². The number of fused-ring (bicyclic) bond motifs is 30. The van der Waals surface area contributed by atoms with Gasteiger partial charge in [0.2, 0.25) is 0 Å². The fraction of sp³-hybridized carbons (Fsp3) is 0. The highest BCUT2D eigenvalue weighted by molar-refractivity contribution is 6.29. The number of rotatable bonds is 10. The monoisotopic (exact) mass is 1830 g/mol. The molecule has 6 aromatic heterocycles. The van der Waals surface area contributed by atoms with E-state index in [2.05, 4.69) is 562 Å². The number of benzene rings is 25. The van der Waals surface area contributed by atoms with Crippen LogP contribution in [-0.2, 0) is 0 Å². The van der Waals surface area contributed by atoms with Gasteiger partial charge >= 0.3 is 0 Å². The van der Waals surface area contributed by atoms with Gasteiger partial charge in [0.1, 0.15) is 0 Å². The van der Waals surface area contributed by atoms with Crippen LogP contribution in [0, 0.1) is 0 Å². The molecule has 0 spiro atoms. The summed E-state index contributed by atoms with van der Waals surface area (Å²) in [7, 11) is 0. The van der Waals surface area contributed by atoms with E-state index >= 15 is 0 Å². The molecule has 0 saturated heterocycles. The summed E-state index contributed by atoms with van der Waals surface area (Å²) in [6.45, 7) is 0. The molecule has 0 aliphatic rings. The molecule has 0 unspecified atom stereocenters. The van der Waals surface area contributed by atoms with E-state index < -0.39 is 0 Å². The smallest absolute Gasteiger partial charge is 0.0562 e. The summed E-state index contributed by atoms with van der Waals surface area (Å²) < 4.78 is 14.1. The zero-order chi connectivity index (χ0) is 94.6. The third kappa shape index (κ3) is 13.3. The molecule has 0 N–H and O–H groups in total. The first-order valence-electron chi connectivity index (χ1n) is 49.6. The lowest BCUT2D eigenvalue weighted by molar-refractivity contribution is 1.12. The summed E-state index contributed by atoms with van der Waals surface area (Å²) in [5.74, 6) is 0. The number of para-hydroxylation sites is 6. The first-order valence-corrected chi connectivity index (χ1v) is 49.6. The van der Waals surface area contributed by atoms with E-state index in [-0.39, 0.29) is 0 Å². The number of hydrogen-bond donors (Lipinski definition) is 0. The Bertz CT molecular complexity index is 10600. The number of nitrogens with zero attached hydrogens (tertiary/aromatic N) is 6. The Morgan fingerprint density at radius 1 is 0.0972 bits per heavy atom. The van der Waals surface area contributed by atoms with Crippen LogP contribution in [0.15, 0.2) is 534 Å². The van der Waals surface area contributed by atoms with Crippen LogP contribution in [0.25, 0.3) is 274 Å². The van der Waals surface area contributed by atoms with Gasteiger partial charge in [-0.1, -0.05) is 346 Å². The molecule has 0 amide bonds. The van der Waals surface area contributed by atoms with Crippen molar-refractivity contribution in [1.29, 1.82) is 0 Å². The van der Waals surface area contributed by atoms with Gasteiger partial charge < -0.3 is 27.4 Å². The first-order chi connectivity index (χ1) is 71.4. The molecule has 0 bridgehead atoms. The second kappa shape index (κ2) is 33.3. The maximum absolute atomic E-state index is 2.43. The minimum Gasteiger partial charge on any atom is -0.316 e. The molecule has 6 nitrogen and oxygen atoms in total. The van der Waals surface area contributed by atoms with Crippen LogP contribution < -0.4 is 0 Å². The van der Waals surface area contributed by atoms with Gasteiger partial charge in [-0.05, 0) is 311 Å². The van der Waals surface area contributed by atoms with Crippen LogP contribution in [0.3, 0.4) is 0 Å². The van der Waals surface area contributed by atoms with Gasteiger partial charge in [0.25, 0.3) is 0 Å². The van der Waals surface area contributed by atoms with Crippen molar-refractivity contribution >= 4 is 195 Å². The van der Waals surface area contributed by atoms with Crippen LogP contribution >= 0.6 is 0 Å². The summed E-state index contributed by atoms with van der Waals surface area (Å²) in [4.78, 5) is 0. The van der Waals surface area contributed by atoms with Crippen molar-refractivity contribution in [3.63, 3.8) is 0 Å². The van der Waals surface area contributed by atoms with E-state index in [1.165, 1.54) is 245 Å². The quantitative estimate of drug-likeness (QED) is 0.122. The third-order valence-electron chi connectivity index (χ3n) is 30.3. The summed E-state index contributed by atoms with van der Waals surface area (Å²) >= 11 is 0. The maximum atomic E-state index is 2.43. The first kappa shape index (κ1) is 82.0. The molecule has 0 atom stereocenters. The van der Waals surface area contributed by atoms with Crippen molar-refractivity contribution in [3.05, 3.63) is 534 Å². The Morgan fingerprint density at radius 3 is 0.618 bits per heavy atom. The molecule has 0 radical (unpaired) electrons. The fourth-order valence-electron chi connectivity index (χ4n) is 23.6. The van der Waals surface area contributed by atoms with Gasteiger partial charge in [0, 0.05) is 101 Å². The minimum atomic E-state index is 1.15. The molecular formula is C138H88N6. The van der Waals surface area contributed by atoms with Gasteiger partial charge in [-0.25, -0.2) is 0 Å². The van der Waals surface area contributed by atoms with Crippen LogP contribution in [0.2, 0.25) is 0 Å². The lowest BCUT2D eigenvalue weighted by Gasteiger charge is -2.14. The van der Waals surface area contributed by atoms with Crippen LogP contribution in [0.4, 0.5) is 0 Å². The van der Waals surface area contributed by atoms with Gasteiger partial charge in [0.15, 0.2) is 0 Å². The molecule has 25 aromatic carbocycles. The SMILES string of the molecule is c1ccc(-c2ccc3c4ccc(-c5ccc(-n6c7ccccc7c7cc8ccn(-c9ccccc9)c8cc76)cc5)cc4c4ccccc4c3c2)cc1.c1ccc(-n2ccc3cc4c5ccccc5n(-c5ccc(-c6ccc7c8ccccc8c8ccccc8c7c6)cc5)c4cc32)cc1.c1ccc(-n2ccc3cc4c5ccccc5n(-c5cccc(-c6ccc7c8ccccc8c8ccccc8c7c6)c5)c4cc32)cc1. The summed E-state index contributed by atoms with van der Waals surface area (Å²) in [5.41, 5.74) is 27.6. The van der Waals surface area contributed by atoms with E-state index in [1.54, 1.807) is 0 Å². The second-order valence-corrected chi connectivity index (χ2v) is 38.2. The Morgan fingerprint density at radius 2 is 0.312 bits per heavy atom. The Kier molecular flexibility index (Phi) is 19.0. The van der Waals surface area contributed by atoms with Gasteiger partial charge in [-0.3, -0.25) is 0 Å². The maximum Gasteiger partial charge on any atom is 0.0562 e. The highest BCUT2D eigenvalue weighted by Gasteiger charge is 2.23. The third-order valence-corrected chi connectivity index (χ3v) is 30.3. The Hall–Kier alpha value is -19.1. The molecule has 31 aromatic rings. The molecule has 144 heavy (non-hydrogen) atoms.